The largest absolute Gasteiger partial charge is 0.497 e. The van der Waals surface area contributed by atoms with Crippen LogP contribution >= 0.6 is 0 Å². The molecule has 0 aliphatic heterocycles. The molecular weight excluding hydrogens is 212 g/mol. The molecule has 0 bridgehead atoms. The van der Waals surface area contributed by atoms with Crippen molar-refractivity contribution < 1.29 is 13.2 Å². The van der Waals surface area contributed by atoms with Crippen molar-refractivity contribution >= 4 is 9.84 Å². The van der Waals surface area contributed by atoms with Gasteiger partial charge in [-0.3, -0.25) is 0 Å². The van der Waals surface area contributed by atoms with E-state index in [4.69, 9.17) is 4.74 Å². The minimum absolute atomic E-state index is 0.309. The number of methoxy groups -OCH3 is 1. The second kappa shape index (κ2) is 6.45. The van der Waals surface area contributed by atoms with Crippen molar-refractivity contribution in [1.82, 2.24) is 0 Å². The van der Waals surface area contributed by atoms with E-state index in [2.05, 4.69) is 13.8 Å². The molecule has 0 unspecified atom stereocenters. The van der Waals surface area contributed by atoms with Crippen molar-refractivity contribution in [2.45, 2.75) is 25.2 Å². The molecule has 1 rings (SSSR count). The fraction of sp³-hybridized carbons (Fsp3) is 0.455. The molecule has 1 aromatic rings. The maximum Gasteiger partial charge on any atom is 0.175 e. The standard InChI is InChI=1S/C8H10O3S.C3H8/c1-11-7-3-5-8(6-4-7)12(2,9)10;1-3-2/h3-6H,1-2H3;3H2,1-2H3. The van der Waals surface area contributed by atoms with Crippen LogP contribution in [0.1, 0.15) is 20.3 Å². The van der Waals surface area contributed by atoms with Gasteiger partial charge in [-0.1, -0.05) is 20.3 Å². The Morgan fingerprint density at radius 2 is 1.53 bits per heavy atom. The van der Waals surface area contributed by atoms with E-state index in [0.29, 0.717) is 10.6 Å². The van der Waals surface area contributed by atoms with Crippen LogP contribution in [0.25, 0.3) is 0 Å². The van der Waals surface area contributed by atoms with Crippen LogP contribution < -0.4 is 4.74 Å². The smallest absolute Gasteiger partial charge is 0.175 e. The lowest BCUT2D eigenvalue weighted by atomic mass is 10.3. The fourth-order valence-corrected chi connectivity index (χ4v) is 1.45. The Morgan fingerprint density at radius 3 is 1.80 bits per heavy atom. The zero-order valence-corrected chi connectivity index (χ0v) is 10.5. The van der Waals surface area contributed by atoms with Gasteiger partial charge in [-0.05, 0) is 24.3 Å². The van der Waals surface area contributed by atoms with Gasteiger partial charge in [0, 0.05) is 6.26 Å². The number of ether oxygens (including phenoxy) is 1. The van der Waals surface area contributed by atoms with Crippen molar-refractivity contribution in [1.29, 1.82) is 0 Å². The van der Waals surface area contributed by atoms with Crippen molar-refractivity contribution in [3.8, 4) is 5.75 Å². The van der Waals surface area contributed by atoms with E-state index in [1.54, 1.807) is 12.1 Å². The number of hydrogen-bond acceptors (Lipinski definition) is 3. The summed E-state index contributed by atoms with van der Waals surface area (Å²) in [5.41, 5.74) is 0. The first-order valence-corrected chi connectivity index (χ1v) is 6.69. The quantitative estimate of drug-likeness (QED) is 0.784. The second-order valence-corrected chi connectivity index (χ2v) is 5.17. The average Bonchev–Trinajstić information content (AvgIpc) is 2.18. The molecule has 86 valence electrons. The molecule has 0 aliphatic carbocycles. The summed E-state index contributed by atoms with van der Waals surface area (Å²) in [6.45, 7) is 4.25. The zero-order valence-electron chi connectivity index (χ0n) is 9.65. The van der Waals surface area contributed by atoms with Crippen LogP contribution in [0.2, 0.25) is 0 Å². The minimum atomic E-state index is -3.08. The Balaban J connectivity index is 0.000000583. The first-order valence-electron chi connectivity index (χ1n) is 4.79. The van der Waals surface area contributed by atoms with Gasteiger partial charge in [-0.2, -0.15) is 0 Å². The van der Waals surface area contributed by atoms with Gasteiger partial charge in [0.15, 0.2) is 9.84 Å². The van der Waals surface area contributed by atoms with Gasteiger partial charge >= 0.3 is 0 Å². The van der Waals surface area contributed by atoms with Crippen LogP contribution in [-0.4, -0.2) is 21.8 Å². The summed E-state index contributed by atoms with van der Waals surface area (Å²) in [4.78, 5) is 0.309. The molecule has 0 saturated carbocycles. The summed E-state index contributed by atoms with van der Waals surface area (Å²) in [6, 6.07) is 6.29. The normalized spacial score (nSPS) is 10.1. The SMILES string of the molecule is CCC.COc1ccc(S(C)(=O)=O)cc1. The lowest BCUT2D eigenvalue weighted by Crippen LogP contribution is -1.96. The third-order valence-corrected chi connectivity index (χ3v) is 2.62. The molecule has 0 saturated heterocycles. The maximum atomic E-state index is 11.0. The van der Waals surface area contributed by atoms with E-state index in [-0.39, 0.29) is 0 Å². The van der Waals surface area contributed by atoms with Gasteiger partial charge in [0.1, 0.15) is 5.75 Å². The number of rotatable bonds is 2. The lowest BCUT2D eigenvalue weighted by molar-refractivity contribution is 0.414. The van der Waals surface area contributed by atoms with Crippen LogP contribution in [0.5, 0.6) is 5.75 Å². The first-order chi connectivity index (χ1) is 6.95. The molecule has 0 fully saturated rings. The third kappa shape index (κ3) is 5.42. The summed E-state index contributed by atoms with van der Waals surface area (Å²) >= 11 is 0. The Morgan fingerprint density at radius 1 is 1.13 bits per heavy atom. The van der Waals surface area contributed by atoms with E-state index >= 15 is 0 Å². The predicted molar refractivity (Wildman–Crippen MR) is 62.1 cm³/mol. The molecule has 0 radical (unpaired) electrons. The van der Waals surface area contributed by atoms with E-state index < -0.39 is 9.84 Å². The van der Waals surface area contributed by atoms with Gasteiger partial charge in [0.25, 0.3) is 0 Å². The van der Waals surface area contributed by atoms with E-state index in [1.165, 1.54) is 31.9 Å². The Hall–Kier alpha value is -1.03. The van der Waals surface area contributed by atoms with Crippen LogP contribution in [0, 0.1) is 0 Å². The molecule has 0 aromatic heterocycles. The van der Waals surface area contributed by atoms with Gasteiger partial charge in [-0.15, -0.1) is 0 Å². The second-order valence-electron chi connectivity index (χ2n) is 3.15. The van der Waals surface area contributed by atoms with Crippen LogP contribution in [0.15, 0.2) is 29.2 Å². The van der Waals surface area contributed by atoms with Crippen molar-refractivity contribution in [3.05, 3.63) is 24.3 Å². The van der Waals surface area contributed by atoms with Crippen molar-refractivity contribution in [3.63, 3.8) is 0 Å². The highest BCUT2D eigenvalue weighted by atomic mass is 32.2. The predicted octanol–water partition coefficient (Wildman–Crippen LogP) is 2.52. The Kier molecular flexibility index (Phi) is 6.01. The summed E-state index contributed by atoms with van der Waals surface area (Å²) in [5.74, 6) is 0.655. The molecular formula is C11H18O3S. The fourth-order valence-electron chi connectivity index (χ4n) is 0.823. The van der Waals surface area contributed by atoms with E-state index in [1.807, 2.05) is 0 Å². The molecule has 0 aliphatic rings. The molecule has 0 spiro atoms. The topological polar surface area (TPSA) is 43.4 Å². The average molecular weight is 230 g/mol. The molecule has 15 heavy (non-hydrogen) atoms. The number of sulfone groups is 1. The highest BCUT2D eigenvalue weighted by molar-refractivity contribution is 7.90. The summed E-state index contributed by atoms with van der Waals surface area (Å²) < 4.78 is 26.9. The lowest BCUT2D eigenvalue weighted by Gasteiger charge is -2.00. The highest BCUT2D eigenvalue weighted by Crippen LogP contribution is 2.14. The van der Waals surface area contributed by atoms with Crippen molar-refractivity contribution in [2.24, 2.45) is 0 Å². The third-order valence-electron chi connectivity index (χ3n) is 1.49. The molecule has 0 heterocycles. The van der Waals surface area contributed by atoms with Crippen molar-refractivity contribution in [2.75, 3.05) is 13.4 Å². The van der Waals surface area contributed by atoms with Crippen LogP contribution in [0.3, 0.4) is 0 Å². The molecule has 0 amide bonds. The monoisotopic (exact) mass is 230 g/mol. The van der Waals surface area contributed by atoms with Crippen LogP contribution in [-0.2, 0) is 9.84 Å². The highest BCUT2D eigenvalue weighted by Gasteiger charge is 2.05. The molecule has 3 nitrogen and oxygen atoms in total. The van der Waals surface area contributed by atoms with E-state index in [0.717, 1.165) is 0 Å². The van der Waals surface area contributed by atoms with Gasteiger partial charge in [0.2, 0.25) is 0 Å². The van der Waals surface area contributed by atoms with Gasteiger partial charge in [-0.25, -0.2) is 8.42 Å². The maximum absolute atomic E-state index is 11.0. The number of benzene rings is 1. The summed E-state index contributed by atoms with van der Waals surface area (Å²) in [6.07, 6.45) is 2.43. The number of hydrogen-bond donors (Lipinski definition) is 0. The minimum Gasteiger partial charge on any atom is -0.497 e. The zero-order chi connectivity index (χ0) is 11.9. The first kappa shape index (κ1) is 14.0. The van der Waals surface area contributed by atoms with Gasteiger partial charge < -0.3 is 4.74 Å². The Bertz CT molecular complexity index is 365. The summed E-state index contributed by atoms with van der Waals surface area (Å²) in [5, 5.41) is 0. The Labute approximate surface area is 92.0 Å². The molecule has 0 N–H and O–H groups in total. The van der Waals surface area contributed by atoms with Gasteiger partial charge in [0.05, 0.1) is 12.0 Å². The molecule has 0 atom stereocenters. The molecule has 4 heteroatoms. The summed E-state index contributed by atoms with van der Waals surface area (Å²) in [7, 11) is -1.55. The van der Waals surface area contributed by atoms with E-state index in [9.17, 15) is 8.42 Å². The van der Waals surface area contributed by atoms with Crippen LogP contribution in [0.4, 0.5) is 0 Å². The molecule has 1 aromatic carbocycles.